The minimum atomic E-state index is 0.623. The molecule has 1 heterocycles. The van der Waals surface area contributed by atoms with Gasteiger partial charge >= 0.3 is 0 Å². The minimum absolute atomic E-state index is 0.623. The van der Waals surface area contributed by atoms with Crippen molar-refractivity contribution in [2.45, 2.75) is 6.92 Å². The van der Waals surface area contributed by atoms with Crippen LogP contribution in [0.3, 0.4) is 0 Å². The number of benzene rings is 3. The summed E-state index contributed by atoms with van der Waals surface area (Å²) in [5.41, 5.74) is 2.82. The number of rotatable bonds is 6. The van der Waals surface area contributed by atoms with Crippen LogP contribution in [0.2, 0.25) is 0 Å². The standard InChI is InChI=1S/C25H23N3O2/c1-17(29-4)19-12-14-21(15-13-19)30-22-9-7-8-20(16-22)28(3)25-23-10-5-6-11-24(23)26-18(2)27-25/h5-16H,1H2,2-4H3. The molecule has 0 amide bonds. The first-order valence-electron chi connectivity index (χ1n) is 9.63. The van der Waals surface area contributed by atoms with Crippen molar-refractivity contribution < 1.29 is 9.47 Å². The third-order valence-electron chi connectivity index (χ3n) is 4.88. The number of para-hydroxylation sites is 1. The van der Waals surface area contributed by atoms with Crippen LogP contribution < -0.4 is 9.64 Å². The molecular weight excluding hydrogens is 374 g/mol. The van der Waals surface area contributed by atoms with E-state index in [1.54, 1.807) is 7.11 Å². The highest BCUT2D eigenvalue weighted by atomic mass is 16.5. The molecule has 5 nitrogen and oxygen atoms in total. The zero-order valence-corrected chi connectivity index (χ0v) is 17.3. The van der Waals surface area contributed by atoms with Crippen molar-refractivity contribution in [2.24, 2.45) is 0 Å². The summed E-state index contributed by atoms with van der Waals surface area (Å²) in [7, 11) is 3.61. The quantitative estimate of drug-likeness (QED) is 0.367. The zero-order chi connectivity index (χ0) is 21.1. The molecule has 0 fully saturated rings. The molecule has 0 saturated carbocycles. The van der Waals surface area contributed by atoms with Crippen LogP contribution in [0, 0.1) is 6.92 Å². The molecule has 0 bridgehead atoms. The Labute approximate surface area is 176 Å². The van der Waals surface area contributed by atoms with Gasteiger partial charge in [0.2, 0.25) is 0 Å². The van der Waals surface area contributed by atoms with E-state index in [1.807, 2.05) is 86.8 Å². The topological polar surface area (TPSA) is 47.5 Å². The Bertz CT molecular complexity index is 1200. The van der Waals surface area contributed by atoms with E-state index < -0.39 is 0 Å². The number of aromatic nitrogens is 2. The summed E-state index contributed by atoms with van der Waals surface area (Å²) in [6.45, 7) is 5.77. The molecule has 0 unspecified atom stereocenters. The summed E-state index contributed by atoms with van der Waals surface area (Å²) in [5, 5.41) is 1.01. The SMILES string of the molecule is C=C(OC)c1ccc(Oc2cccc(N(C)c3nc(C)nc4ccccc34)c2)cc1. The monoisotopic (exact) mass is 397 g/mol. The molecule has 4 aromatic rings. The van der Waals surface area contributed by atoms with E-state index in [0.29, 0.717) is 5.76 Å². The van der Waals surface area contributed by atoms with Gasteiger partial charge in [-0.3, -0.25) is 0 Å². The first kappa shape index (κ1) is 19.5. The fraction of sp³-hybridized carbons (Fsp3) is 0.120. The largest absolute Gasteiger partial charge is 0.497 e. The Morgan fingerprint density at radius 3 is 2.43 bits per heavy atom. The van der Waals surface area contributed by atoms with Gasteiger partial charge in [0.15, 0.2) is 0 Å². The van der Waals surface area contributed by atoms with Crippen molar-refractivity contribution in [1.29, 1.82) is 0 Å². The number of anilines is 2. The maximum Gasteiger partial charge on any atom is 0.144 e. The second-order valence-electron chi connectivity index (χ2n) is 6.92. The van der Waals surface area contributed by atoms with Gasteiger partial charge in [-0.25, -0.2) is 9.97 Å². The average molecular weight is 397 g/mol. The first-order valence-corrected chi connectivity index (χ1v) is 9.63. The fourth-order valence-electron chi connectivity index (χ4n) is 3.27. The highest BCUT2D eigenvalue weighted by Gasteiger charge is 2.12. The van der Waals surface area contributed by atoms with Crippen LogP contribution in [0.25, 0.3) is 16.7 Å². The van der Waals surface area contributed by atoms with E-state index in [0.717, 1.165) is 45.3 Å². The number of ether oxygens (including phenoxy) is 2. The van der Waals surface area contributed by atoms with E-state index in [1.165, 1.54) is 0 Å². The van der Waals surface area contributed by atoms with Crippen molar-refractivity contribution in [3.8, 4) is 11.5 Å². The third kappa shape index (κ3) is 3.96. The molecule has 0 saturated heterocycles. The van der Waals surface area contributed by atoms with Crippen molar-refractivity contribution >= 4 is 28.2 Å². The highest BCUT2D eigenvalue weighted by Crippen LogP contribution is 2.32. The van der Waals surface area contributed by atoms with Gasteiger partial charge in [-0.05, 0) is 55.5 Å². The predicted octanol–water partition coefficient (Wildman–Crippen LogP) is 6.12. The van der Waals surface area contributed by atoms with Gasteiger partial charge in [-0.15, -0.1) is 0 Å². The molecule has 0 spiro atoms. The molecule has 0 atom stereocenters. The van der Waals surface area contributed by atoms with Crippen LogP contribution in [0.15, 0.2) is 79.4 Å². The first-order chi connectivity index (χ1) is 14.5. The summed E-state index contributed by atoms with van der Waals surface area (Å²) in [6.07, 6.45) is 0. The van der Waals surface area contributed by atoms with Gasteiger partial charge in [0, 0.05) is 29.8 Å². The van der Waals surface area contributed by atoms with Gasteiger partial charge in [0.25, 0.3) is 0 Å². The lowest BCUT2D eigenvalue weighted by molar-refractivity contribution is 0.371. The number of methoxy groups -OCH3 is 1. The van der Waals surface area contributed by atoms with Crippen LogP contribution in [0.4, 0.5) is 11.5 Å². The lowest BCUT2D eigenvalue weighted by Gasteiger charge is -2.21. The molecule has 150 valence electrons. The second kappa shape index (κ2) is 8.25. The van der Waals surface area contributed by atoms with Crippen molar-refractivity contribution in [3.05, 3.63) is 90.8 Å². The van der Waals surface area contributed by atoms with Crippen molar-refractivity contribution in [2.75, 3.05) is 19.1 Å². The molecule has 0 aliphatic rings. The Hall–Kier alpha value is -3.86. The zero-order valence-electron chi connectivity index (χ0n) is 17.3. The predicted molar refractivity (Wildman–Crippen MR) is 121 cm³/mol. The van der Waals surface area contributed by atoms with Crippen molar-refractivity contribution in [1.82, 2.24) is 9.97 Å². The Morgan fingerprint density at radius 1 is 0.900 bits per heavy atom. The number of hydrogen-bond donors (Lipinski definition) is 0. The summed E-state index contributed by atoms with van der Waals surface area (Å²) >= 11 is 0. The Balaban J connectivity index is 1.62. The molecule has 3 aromatic carbocycles. The van der Waals surface area contributed by atoms with Crippen molar-refractivity contribution in [3.63, 3.8) is 0 Å². The third-order valence-corrected chi connectivity index (χ3v) is 4.88. The lowest BCUT2D eigenvalue weighted by atomic mass is 10.2. The molecule has 0 aliphatic carbocycles. The molecule has 5 heteroatoms. The maximum absolute atomic E-state index is 6.05. The Kier molecular flexibility index (Phi) is 5.35. The van der Waals surface area contributed by atoms with Crippen LogP contribution in [0.5, 0.6) is 11.5 Å². The van der Waals surface area contributed by atoms with Gasteiger partial charge < -0.3 is 14.4 Å². The molecular formula is C25H23N3O2. The number of aryl methyl sites for hydroxylation is 1. The summed E-state index contributed by atoms with van der Waals surface area (Å²) < 4.78 is 11.2. The normalized spacial score (nSPS) is 10.6. The van der Waals surface area contributed by atoms with E-state index in [-0.39, 0.29) is 0 Å². The smallest absolute Gasteiger partial charge is 0.144 e. The molecule has 0 aliphatic heterocycles. The summed E-state index contributed by atoms with van der Waals surface area (Å²) in [6, 6.07) is 23.6. The lowest BCUT2D eigenvalue weighted by Crippen LogP contribution is -2.13. The average Bonchev–Trinajstić information content (AvgIpc) is 2.78. The number of fused-ring (bicyclic) bond motifs is 1. The highest BCUT2D eigenvalue weighted by molar-refractivity contribution is 5.91. The number of hydrogen-bond acceptors (Lipinski definition) is 5. The van der Waals surface area contributed by atoms with E-state index in [2.05, 4.69) is 21.4 Å². The van der Waals surface area contributed by atoms with Gasteiger partial charge in [0.05, 0.1) is 12.6 Å². The van der Waals surface area contributed by atoms with E-state index >= 15 is 0 Å². The van der Waals surface area contributed by atoms with Crippen LogP contribution in [-0.4, -0.2) is 24.1 Å². The van der Waals surface area contributed by atoms with Crippen LogP contribution in [-0.2, 0) is 4.74 Å². The summed E-state index contributed by atoms with van der Waals surface area (Å²) in [4.78, 5) is 11.3. The van der Waals surface area contributed by atoms with Gasteiger partial charge in [-0.1, -0.05) is 24.8 Å². The van der Waals surface area contributed by atoms with Crippen LogP contribution in [0.1, 0.15) is 11.4 Å². The molecule has 4 rings (SSSR count). The number of nitrogens with zero attached hydrogens (tertiary/aromatic N) is 3. The Morgan fingerprint density at radius 2 is 1.67 bits per heavy atom. The second-order valence-corrected chi connectivity index (χ2v) is 6.92. The minimum Gasteiger partial charge on any atom is -0.497 e. The fourth-order valence-corrected chi connectivity index (χ4v) is 3.27. The van der Waals surface area contributed by atoms with Gasteiger partial charge in [0.1, 0.15) is 28.9 Å². The molecule has 0 N–H and O–H groups in total. The molecule has 30 heavy (non-hydrogen) atoms. The molecule has 1 aromatic heterocycles. The maximum atomic E-state index is 6.05. The van der Waals surface area contributed by atoms with Crippen LogP contribution >= 0.6 is 0 Å². The summed E-state index contributed by atoms with van der Waals surface area (Å²) in [5.74, 6) is 3.70. The van der Waals surface area contributed by atoms with E-state index in [9.17, 15) is 0 Å². The molecule has 0 radical (unpaired) electrons. The van der Waals surface area contributed by atoms with E-state index in [4.69, 9.17) is 9.47 Å². The van der Waals surface area contributed by atoms with Gasteiger partial charge in [-0.2, -0.15) is 0 Å².